The van der Waals surface area contributed by atoms with Crippen LogP contribution in [0.15, 0.2) is 66.7 Å². The third kappa shape index (κ3) is 5.73. The molecule has 5 amide bonds. The highest BCUT2D eigenvalue weighted by atomic mass is 16.5. The van der Waals surface area contributed by atoms with Crippen LogP contribution in [0.25, 0.3) is 0 Å². The SMILES string of the molecule is COc1ccc(CN2C(=O)NC(=O)C2=O)cc1C(=O)NCc1ccc(Oc2ccc(C(=O)O)cc2)cc1. The first-order valence-corrected chi connectivity index (χ1v) is 11.0. The molecule has 0 saturated carbocycles. The number of ether oxygens (including phenoxy) is 2. The normalized spacial score (nSPS) is 12.8. The third-order valence-corrected chi connectivity index (χ3v) is 5.47. The number of imide groups is 2. The summed E-state index contributed by atoms with van der Waals surface area (Å²) in [6, 6.07) is 16.8. The van der Waals surface area contributed by atoms with Gasteiger partial charge in [-0.25, -0.2) is 9.59 Å². The van der Waals surface area contributed by atoms with Crippen molar-refractivity contribution in [2.24, 2.45) is 0 Å². The van der Waals surface area contributed by atoms with Crippen LogP contribution in [-0.2, 0) is 22.7 Å². The number of aromatic carboxylic acids is 1. The predicted molar refractivity (Wildman–Crippen MR) is 128 cm³/mol. The Morgan fingerprint density at radius 3 is 2.11 bits per heavy atom. The van der Waals surface area contributed by atoms with Crippen LogP contribution in [0.1, 0.15) is 31.8 Å². The van der Waals surface area contributed by atoms with E-state index in [0.29, 0.717) is 22.8 Å². The third-order valence-electron chi connectivity index (χ3n) is 5.47. The summed E-state index contributed by atoms with van der Waals surface area (Å²) in [5.74, 6) is -2.10. The van der Waals surface area contributed by atoms with Crippen molar-refractivity contribution in [1.82, 2.24) is 15.5 Å². The van der Waals surface area contributed by atoms with E-state index >= 15 is 0 Å². The van der Waals surface area contributed by atoms with E-state index in [2.05, 4.69) is 5.32 Å². The molecule has 0 bridgehead atoms. The van der Waals surface area contributed by atoms with Gasteiger partial charge in [-0.15, -0.1) is 0 Å². The number of nitrogens with zero attached hydrogens (tertiary/aromatic N) is 1. The molecule has 0 atom stereocenters. The number of methoxy groups -OCH3 is 1. The molecular weight excluding hydrogens is 482 g/mol. The zero-order valence-electron chi connectivity index (χ0n) is 19.5. The van der Waals surface area contributed by atoms with E-state index in [0.717, 1.165) is 10.5 Å². The van der Waals surface area contributed by atoms with Crippen molar-refractivity contribution in [1.29, 1.82) is 0 Å². The van der Waals surface area contributed by atoms with Crippen molar-refractivity contribution in [3.63, 3.8) is 0 Å². The van der Waals surface area contributed by atoms with Crippen molar-refractivity contribution in [2.75, 3.05) is 7.11 Å². The van der Waals surface area contributed by atoms with Gasteiger partial charge in [0.15, 0.2) is 0 Å². The summed E-state index contributed by atoms with van der Waals surface area (Å²) in [6.07, 6.45) is 0. The molecule has 11 nitrogen and oxygen atoms in total. The van der Waals surface area contributed by atoms with Crippen molar-refractivity contribution < 1.29 is 38.6 Å². The molecule has 0 aliphatic carbocycles. The Morgan fingerprint density at radius 2 is 1.54 bits per heavy atom. The number of carboxylic acids is 1. The van der Waals surface area contributed by atoms with Gasteiger partial charge in [0.05, 0.1) is 24.8 Å². The standard InChI is InChI=1S/C26H21N3O8/c1-36-21-11-4-16(14-29-24(32)23(31)28-26(29)35)12-20(21)22(30)27-13-15-2-7-18(8-3-15)37-19-9-5-17(6-10-19)25(33)34/h2-12H,13-14H2,1H3,(H,27,30)(H,33,34)(H,28,31,35). The second kappa shape index (κ2) is 10.6. The van der Waals surface area contributed by atoms with Crippen LogP contribution in [0.3, 0.4) is 0 Å². The van der Waals surface area contributed by atoms with Gasteiger partial charge >= 0.3 is 23.8 Å². The van der Waals surface area contributed by atoms with Gasteiger partial charge in [-0.05, 0) is 59.7 Å². The summed E-state index contributed by atoms with van der Waals surface area (Å²) in [5, 5.41) is 13.7. The summed E-state index contributed by atoms with van der Waals surface area (Å²) in [6.45, 7) is 0.0164. The topological polar surface area (TPSA) is 151 Å². The number of rotatable bonds is 9. The minimum Gasteiger partial charge on any atom is -0.496 e. The maximum atomic E-state index is 12.9. The number of nitrogens with one attached hydrogen (secondary N) is 2. The van der Waals surface area contributed by atoms with Crippen molar-refractivity contribution in [2.45, 2.75) is 13.1 Å². The van der Waals surface area contributed by atoms with E-state index in [1.54, 1.807) is 48.5 Å². The van der Waals surface area contributed by atoms with Crippen LogP contribution in [0.2, 0.25) is 0 Å². The molecule has 3 N–H and O–H groups in total. The molecule has 4 rings (SSSR count). The lowest BCUT2D eigenvalue weighted by Gasteiger charge is -2.14. The smallest absolute Gasteiger partial charge is 0.335 e. The quantitative estimate of drug-likeness (QED) is 0.298. The minimum absolute atomic E-state index is 0.158. The molecule has 1 saturated heterocycles. The Kier molecular flexibility index (Phi) is 7.14. The van der Waals surface area contributed by atoms with E-state index in [4.69, 9.17) is 14.6 Å². The van der Waals surface area contributed by atoms with Crippen LogP contribution in [0.5, 0.6) is 17.2 Å². The van der Waals surface area contributed by atoms with Crippen molar-refractivity contribution >= 4 is 29.7 Å². The number of benzene rings is 3. The van der Waals surface area contributed by atoms with E-state index in [-0.39, 0.29) is 24.2 Å². The van der Waals surface area contributed by atoms with E-state index in [1.165, 1.54) is 25.3 Å². The lowest BCUT2D eigenvalue weighted by Crippen LogP contribution is -2.30. The molecule has 3 aromatic carbocycles. The van der Waals surface area contributed by atoms with Crippen molar-refractivity contribution in [3.05, 3.63) is 89.0 Å². The van der Waals surface area contributed by atoms with Gasteiger partial charge in [-0.1, -0.05) is 18.2 Å². The van der Waals surface area contributed by atoms with Gasteiger partial charge in [-0.2, -0.15) is 0 Å². The Bertz CT molecular complexity index is 1380. The number of carbonyl (C=O) groups excluding carboxylic acids is 4. The molecule has 1 fully saturated rings. The summed E-state index contributed by atoms with van der Waals surface area (Å²) >= 11 is 0. The molecule has 1 heterocycles. The first-order chi connectivity index (χ1) is 17.7. The van der Waals surface area contributed by atoms with Gasteiger partial charge in [0, 0.05) is 6.54 Å². The molecule has 11 heteroatoms. The average molecular weight is 503 g/mol. The van der Waals surface area contributed by atoms with Gasteiger partial charge < -0.3 is 19.9 Å². The zero-order valence-corrected chi connectivity index (χ0v) is 19.5. The first-order valence-electron chi connectivity index (χ1n) is 11.0. The second-order valence-corrected chi connectivity index (χ2v) is 7.94. The Morgan fingerprint density at radius 1 is 0.919 bits per heavy atom. The molecule has 0 unspecified atom stereocenters. The predicted octanol–water partition coefficient (Wildman–Crippen LogP) is 2.69. The maximum Gasteiger partial charge on any atom is 0.335 e. The zero-order chi connectivity index (χ0) is 26.5. The van der Waals surface area contributed by atoms with Crippen LogP contribution >= 0.6 is 0 Å². The fourth-order valence-electron chi connectivity index (χ4n) is 3.54. The largest absolute Gasteiger partial charge is 0.496 e. The van der Waals surface area contributed by atoms with E-state index < -0.39 is 29.7 Å². The fraction of sp³-hybridized carbons (Fsp3) is 0.115. The molecule has 188 valence electrons. The van der Waals surface area contributed by atoms with Crippen molar-refractivity contribution in [3.8, 4) is 17.2 Å². The Balaban J connectivity index is 1.38. The molecular formula is C26H21N3O8. The van der Waals surface area contributed by atoms with Crippen LogP contribution in [-0.4, -0.2) is 46.8 Å². The molecule has 1 aliphatic heterocycles. The van der Waals surface area contributed by atoms with Gasteiger partial charge in [-0.3, -0.25) is 24.6 Å². The van der Waals surface area contributed by atoms with Crippen LogP contribution < -0.4 is 20.1 Å². The number of hydrogen-bond donors (Lipinski definition) is 3. The summed E-state index contributed by atoms with van der Waals surface area (Å²) in [4.78, 5) is 59.6. The first kappa shape index (κ1) is 24.9. The monoisotopic (exact) mass is 503 g/mol. The lowest BCUT2D eigenvalue weighted by atomic mass is 10.1. The Labute approximate surface area is 210 Å². The van der Waals surface area contributed by atoms with Gasteiger partial charge in [0.1, 0.15) is 17.2 Å². The molecule has 3 aromatic rings. The number of amides is 5. The van der Waals surface area contributed by atoms with Crippen LogP contribution in [0, 0.1) is 0 Å². The molecule has 1 aliphatic rings. The summed E-state index contributed by atoms with van der Waals surface area (Å²) < 4.78 is 11.0. The second-order valence-electron chi connectivity index (χ2n) is 7.94. The van der Waals surface area contributed by atoms with Gasteiger partial charge in [0.25, 0.3) is 5.91 Å². The Hall–Kier alpha value is -5.19. The van der Waals surface area contributed by atoms with Crippen LogP contribution in [0.4, 0.5) is 4.79 Å². The number of hydrogen-bond acceptors (Lipinski definition) is 7. The maximum absolute atomic E-state index is 12.9. The molecule has 0 spiro atoms. The highest BCUT2D eigenvalue weighted by Gasteiger charge is 2.36. The lowest BCUT2D eigenvalue weighted by molar-refractivity contribution is -0.140. The minimum atomic E-state index is -1.02. The fourth-order valence-corrected chi connectivity index (χ4v) is 3.54. The summed E-state index contributed by atoms with van der Waals surface area (Å²) in [5.41, 5.74) is 1.60. The highest BCUT2D eigenvalue weighted by Crippen LogP contribution is 2.24. The average Bonchev–Trinajstić information content (AvgIpc) is 3.14. The molecule has 37 heavy (non-hydrogen) atoms. The van der Waals surface area contributed by atoms with Gasteiger partial charge in [0.2, 0.25) is 0 Å². The molecule has 0 radical (unpaired) electrons. The van der Waals surface area contributed by atoms with E-state index in [1.807, 2.05) is 5.32 Å². The number of carbonyl (C=O) groups is 5. The number of carboxylic acid groups (broad SMARTS) is 1. The number of urea groups is 1. The summed E-state index contributed by atoms with van der Waals surface area (Å²) in [7, 11) is 1.41. The molecule has 0 aromatic heterocycles. The highest BCUT2D eigenvalue weighted by molar-refractivity contribution is 6.44. The van der Waals surface area contributed by atoms with E-state index in [9.17, 15) is 24.0 Å².